The van der Waals surface area contributed by atoms with Gasteiger partial charge in [0, 0.05) is 17.6 Å². The van der Waals surface area contributed by atoms with Crippen LogP contribution in [0.5, 0.6) is 5.88 Å². The lowest BCUT2D eigenvalue weighted by molar-refractivity contribution is 0.225. The summed E-state index contributed by atoms with van der Waals surface area (Å²) in [5.41, 5.74) is 2.14. The number of pyridine rings is 1. The zero-order chi connectivity index (χ0) is 15.0. The Morgan fingerprint density at radius 1 is 1.25 bits per heavy atom. The predicted molar refractivity (Wildman–Crippen MR) is 86.7 cm³/mol. The Bertz CT molecular complexity index is 393. The lowest BCUT2D eigenvalue weighted by Gasteiger charge is -2.16. The van der Waals surface area contributed by atoms with Gasteiger partial charge in [-0.05, 0) is 29.9 Å². The molecule has 20 heavy (non-hydrogen) atoms. The molecular weight excluding hydrogens is 270 g/mol. The van der Waals surface area contributed by atoms with Crippen molar-refractivity contribution in [3.8, 4) is 5.88 Å². The second kappa shape index (κ2) is 9.23. The molecule has 0 bridgehead atoms. The third kappa shape index (κ3) is 5.70. The molecule has 1 atom stereocenters. The Morgan fingerprint density at radius 3 is 2.55 bits per heavy atom. The SMILES string of the molecule is CCCCC(CC)COc1cc(CCl)cc(C(C)C)n1. The van der Waals surface area contributed by atoms with Gasteiger partial charge in [-0.25, -0.2) is 4.98 Å². The summed E-state index contributed by atoms with van der Waals surface area (Å²) in [6.07, 6.45) is 4.91. The highest BCUT2D eigenvalue weighted by Crippen LogP contribution is 2.21. The number of aromatic nitrogens is 1. The van der Waals surface area contributed by atoms with Crippen LogP contribution >= 0.6 is 11.6 Å². The van der Waals surface area contributed by atoms with Crippen LogP contribution < -0.4 is 4.74 Å². The van der Waals surface area contributed by atoms with Crippen LogP contribution in [-0.4, -0.2) is 11.6 Å². The second-order valence-electron chi connectivity index (χ2n) is 5.75. The lowest BCUT2D eigenvalue weighted by Crippen LogP contribution is -2.12. The van der Waals surface area contributed by atoms with Gasteiger partial charge in [-0.1, -0.05) is 47.0 Å². The first-order valence-corrected chi connectivity index (χ1v) is 8.33. The van der Waals surface area contributed by atoms with Crippen molar-refractivity contribution < 1.29 is 4.74 Å². The smallest absolute Gasteiger partial charge is 0.213 e. The van der Waals surface area contributed by atoms with E-state index < -0.39 is 0 Å². The number of rotatable bonds is 9. The van der Waals surface area contributed by atoms with Crippen LogP contribution in [-0.2, 0) is 5.88 Å². The molecule has 0 N–H and O–H groups in total. The molecule has 1 aromatic rings. The maximum absolute atomic E-state index is 5.95. The summed E-state index contributed by atoms with van der Waals surface area (Å²) in [4.78, 5) is 4.59. The average molecular weight is 298 g/mol. The van der Waals surface area contributed by atoms with Crippen molar-refractivity contribution in [1.29, 1.82) is 0 Å². The van der Waals surface area contributed by atoms with E-state index in [-0.39, 0.29) is 0 Å². The highest BCUT2D eigenvalue weighted by molar-refractivity contribution is 6.17. The quantitative estimate of drug-likeness (QED) is 0.558. The molecule has 0 amide bonds. The molecule has 2 nitrogen and oxygen atoms in total. The number of alkyl halides is 1. The van der Waals surface area contributed by atoms with Crippen LogP contribution in [0.25, 0.3) is 0 Å². The highest BCUT2D eigenvalue weighted by Gasteiger charge is 2.10. The van der Waals surface area contributed by atoms with Crippen LogP contribution in [0, 0.1) is 5.92 Å². The van der Waals surface area contributed by atoms with Crippen LogP contribution in [0.4, 0.5) is 0 Å². The summed E-state index contributed by atoms with van der Waals surface area (Å²) in [6, 6.07) is 4.03. The van der Waals surface area contributed by atoms with Gasteiger partial charge < -0.3 is 4.74 Å². The summed E-state index contributed by atoms with van der Waals surface area (Å²) in [7, 11) is 0. The fourth-order valence-electron chi connectivity index (χ4n) is 2.13. The van der Waals surface area contributed by atoms with Crippen molar-refractivity contribution in [2.45, 2.75) is 65.2 Å². The van der Waals surface area contributed by atoms with E-state index in [1.165, 1.54) is 19.3 Å². The number of hydrogen-bond donors (Lipinski definition) is 0. The number of nitrogens with zero attached hydrogens (tertiary/aromatic N) is 1. The minimum absolute atomic E-state index is 0.391. The summed E-state index contributed by atoms with van der Waals surface area (Å²) in [5, 5.41) is 0. The van der Waals surface area contributed by atoms with Gasteiger partial charge in [0.1, 0.15) is 0 Å². The molecule has 0 radical (unpaired) electrons. The largest absolute Gasteiger partial charge is 0.477 e. The van der Waals surface area contributed by atoms with Gasteiger partial charge in [0.25, 0.3) is 0 Å². The summed E-state index contributed by atoms with van der Waals surface area (Å²) < 4.78 is 5.92. The van der Waals surface area contributed by atoms with E-state index in [1.807, 2.05) is 6.07 Å². The molecule has 1 unspecified atom stereocenters. The predicted octanol–water partition coefficient (Wildman–Crippen LogP) is 5.54. The monoisotopic (exact) mass is 297 g/mol. The highest BCUT2D eigenvalue weighted by atomic mass is 35.5. The molecule has 0 aliphatic rings. The molecule has 0 aromatic carbocycles. The van der Waals surface area contributed by atoms with E-state index in [2.05, 4.69) is 38.7 Å². The van der Waals surface area contributed by atoms with Crippen molar-refractivity contribution in [2.75, 3.05) is 6.61 Å². The first-order chi connectivity index (χ1) is 9.60. The topological polar surface area (TPSA) is 22.1 Å². The standard InChI is InChI=1S/C17H28ClNO/c1-5-7-8-14(6-2)12-20-17-10-15(11-18)9-16(19-17)13(3)4/h9-10,13-14H,5-8,11-12H2,1-4H3. The molecule has 1 heterocycles. The maximum atomic E-state index is 5.95. The van der Waals surface area contributed by atoms with Crippen molar-refractivity contribution in [2.24, 2.45) is 5.92 Å². The van der Waals surface area contributed by atoms with Crippen LogP contribution in [0.15, 0.2) is 12.1 Å². The van der Waals surface area contributed by atoms with Crippen molar-refractivity contribution in [3.05, 3.63) is 23.4 Å². The van der Waals surface area contributed by atoms with E-state index in [0.717, 1.165) is 30.2 Å². The summed E-state index contributed by atoms with van der Waals surface area (Å²) in [6.45, 7) is 9.49. The number of unbranched alkanes of at least 4 members (excludes halogenated alkanes) is 1. The van der Waals surface area contributed by atoms with Gasteiger partial charge in [-0.15, -0.1) is 11.6 Å². The number of ether oxygens (including phenoxy) is 1. The fourth-order valence-corrected chi connectivity index (χ4v) is 2.28. The summed E-state index contributed by atoms with van der Waals surface area (Å²) in [5.74, 6) is 2.24. The van der Waals surface area contributed by atoms with E-state index in [0.29, 0.717) is 17.7 Å². The van der Waals surface area contributed by atoms with E-state index in [9.17, 15) is 0 Å². The Morgan fingerprint density at radius 2 is 2.00 bits per heavy atom. The van der Waals surface area contributed by atoms with Gasteiger partial charge in [0.2, 0.25) is 5.88 Å². The van der Waals surface area contributed by atoms with Crippen molar-refractivity contribution in [3.63, 3.8) is 0 Å². The lowest BCUT2D eigenvalue weighted by atomic mass is 10.0. The zero-order valence-corrected chi connectivity index (χ0v) is 14.0. The van der Waals surface area contributed by atoms with Crippen molar-refractivity contribution in [1.82, 2.24) is 4.98 Å². The first kappa shape index (κ1) is 17.3. The van der Waals surface area contributed by atoms with Gasteiger partial charge in [0.15, 0.2) is 0 Å². The molecule has 0 fully saturated rings. The molecule has 1 aromatic heterocycles. The Kier molecular flexibility index (Phi) is 7.98. The average Bonchev–Trinajstić information content (AvgIpc) is 2.47. The fraction of sp³-hybridized carbons (Fsp3) is 0.706. The normalized spacial score (nSPS) is 12.7. The molecule has 0 spiro atoms. The number of halogens is 1. The minimum Gasteiger partial charge on any atom is -0.477 e. The van der Waals surface area contributed by atoms with E-state index >= 15 is 0 Å². The first-order valence-electron chi connectivity index (χ1n) is 7.80. The Labute approximate surface area is 128 Å². The molecule has 0 saturated carbocycles. The molecular formula is C17H28ClNO. The maximum Gasteiger partial charge on any atom is 0.213 e. The molecule has 0 aliphatic carbocycles. The molecule has 0 aliphatic heterocycles. The summed E-state index contributed by atoms with van der Waals surface area (Å²) >= 11 is 5.95. The second-order valence-corrected chi connectivity index (χ2v) is 6.02. The Hall–Kier alpha value is -0.760. The van der Waals surface area contributed by atoms with Gasteiger partial charge in [0.05, 0.1) is 6.61 Å². The molecule has 3 heteroatoms. The van der Waals surface area contributed by atoms with E-state index in [1.54, 1.807) is 0 Å². The van der Waals surface area contributed by atoms with Gasteiger partial charge in [-0.3, -0.25) is 0 Å². The van der Waals surface area contributed by atoms with Crippen molar-refractivity contribution >= 4 is 11.6 Å². The third-order valence-corrected chi connectivity index (χ3v) is 3.95. The van der Waals surface area contributed by atoms with Gasteiger partial charge >= 0.3 is 0 Å². The van der Waals surface area contributed by atoms with Crippen LogP contribution in [0.1, 0.15) is 70.6 Å². The molecule has 1 rings (SSSR count). The van der Waals surface area contributed by atoms with Crippen LogP contribution in [0.2, 0.25) is 0 Å². The zero-order valence-electron chi connectivity index (χ0n) is 13.3. The molecule has 114 valence electrons. The van der Waals surface area contributed by atoms with Gasteiger partial charge in [-0.2, -0.15) is 0 Å². The third-order valence-electron chi connectivity index (χ3n) is 3.64. The number of hydrogen-bond acceptors (Lipinski definition) is 2. The molecule has 0 saturated heterocycles. The minimum atomic E-state index is 0.391. The Balaban J connectivity index is 2.68. The van der Waals surface area contributed by atoms with E-state index in [4.69, 9.17) is 16.3 Å². The van der Waals surface area contributed by atoms with Crippen LogP contribution in [0.3, 0.4) is 0 Å².